The highest BCUT2D eigenvalue weighted by Crippen LogP contribution is 2.13. The fourth-order valence-corrected chi connectivity index (χ4v) is 3.17. The van der Waals surface area contributed by atoms with Gasteiger partial charge in [-0.1, -0.05) is 95.7 Å². The minimum Gasteiger partial charge on any atom is -0.371 e. The lowest BCUT2D eigenvalue weighted by molar-refractivity contribution is -0.129. The fourth-order valence-electron chi connectivity index (χ4n) is 2.96. The van der Waals surface area contributed by atoms with Crippen molar-refractivity contribution in [3.05, 3.63) is 0 Å². The molecule has 0 rings (SSSR count). The molecule has 0 atom stereocenters. The quantitative estimate of drug-likeness (QED) is 0.0816. The number of unbranched alkanes of at least 4 members (excludes halogenated alkanes) is 14. The number of thiocarbonyl (C=S) groups is 1. The third-order valence-corrected chi connectivity index (χ3v) is 4.78. The molecule has 1 amide bonds. The molecule has 0 saturated heterocycles. The van der Waals surface area contributed by atoms with Gasteiger partial charge in [0.1, 0.15) is 4.32 Å². The Bertz CT molecular complexity index is 329. The lowest BCUT2D eigenvalue weighted by Gasteiger charge is -2.04. The number of carbonyl (C=O) groups is 1. The molecule has 0 fully saturated rings. The zero-order valence-corrected chi connectivity index (χ0v) is 17.4. The van der Waals surface area contributed by atoms with Crippen LogP contribution < -0.4 is 10.8 Å². The minimum absolute atomic E-state index is 0.268. The molecule has 0 aromatic heterocycles. The number of carbonyl (C=O) groups excluding carboxylic acids is 1. The van der Waals surface area contributed by atoms with E-state index >= 15 is 0 Å². The molecular weight excluding hydrogens is 352 g/mol. The first-order valence-corrected chi connectivity index (χ1v) is 10.9. The van der Waals surface area contributed by atoms with Crippen molar-refractivity contribution in [2.45, 2.75) is 103 Å². The van der Waals surface area contributed by atoms with E-state index in [1.54, 1.807) is 5.48 Å². The van der Waals surface area contributed by atoms with Crippen LogP contribution in [0.25, 0.3) is 0 Å². The Kier molecular flexibility index (Phi) is 19.7. The first kappa shape index (κ1) is 24.7. The maximum atomic E-state index is 10.8. The molecular formula is C19H38N2O2S2. The Labute approximate surface area is 165 Å². The van der Waals surface area contributed by atoms with Gasteiger partial charge in [0.2, 0.25) is 5.91 Å². The van der Waals surface area contributed by atoms with Gasteiger partial charge in [0.05, 0.1) is 0 Å². The van der Waals surface area contributed by atoms with Crippen LogP contribution in [0.15, 0.2) is 0 Å². The van der Waals surface area contributed by atoms with Crippen molar-refractivity contribution in [2.24, 2.45) is 0 Å². The molecule has 6 heteroatoms. The van der Waals surface area contributed by atoms with Gasteiger partial charge >= 0.3 is 0 Å². The van der Waals surface area contributed by atoms with E-state index in [-0.39, 0.29) is 5.91 Å². The smallest absolute Gasteiger partial charge is 0.243 e. The van der Waals surface area contributed by atoms with Crippen LogP contribution in [-0.2, 0) is 4.79 Å². The third-order valence-electron chi connectivity index (χ3n) is 4.48. The first-order chi connectivity index (χ1) is 12.2. The number of hydroxylamine groups is 1. The van der Waals surface area contributed by atoms with E-state index in [4.69, 9.17) is 17.4 Å². The van der Waals surface area contributed by atoms with Crippen LogP contribution in [0.4, 0.5) is 0 Å². The summed E-state index contributed by atoms with van der Waals surface area (Å²) in [6.45, 7) is 0.959. The van der Waals surface area contributed by atoms with Crippen LogP contribution >= 0.6 is 24.8 Å². The van der Waals surface area contributed by atoms with Crippen molar-refractivity contribution in [1.29, 1.82) is 0 Å². The Morgan fingerprint density at radius 3 is 1.44 bits per heavy atom. The number of hydrogen-bond acceptors (Lipinski definition) is 3. The van der Waals surface area contributed by atoms with E-state index < -0.39 is 0 Å². The molecule has 3 N–H and O–H groups in total. The normalized spacial score (nSPS) is 10.6. The highest BCUT2D eigenvalue weighted by Gasteiger charge is 1.98. The van der Waals surface area contributed by atoms with Crippen molar-refractivity contribution < 1.29 is 10.0 Å². The molecule has 0 radical (unpaired) electrons. The van der Waals surface area contributed by atoms with Crippen LogP contribution in [0, 0.1) is 0 Å². The summed E-state index contributed by atoms with van der Waals surface area (Å²) in [4.78, 5) is 10.8. The van der Waals surface area contributed by atoms with Crippen molar-refractivity contribution in [3.8, 4) is 0 Å². The molecule has 0 aromatic rings. The molecule has 0 saturated carbocycles. The molecule has 25 heavy (non-hydrogen) atoms. The molecule has 4 nitrogen and oxygen atoms in total. The molecule has 0 aromatic carbocycles. The van der Waals surface area contributed by atoms with Crippen molar-refractivity contribution in [3.63, 3.8) is 0 Å². The lowest BCUT2D eigenvalue weighted by Crippen LogP contribution is -2.17. The lowest BCUT2D eigenvalue weighted by atomic mass is 10.0. The highest BCUT2D eigenvalue weighted by atomic mass is 32.1. The Morgan fingerprint density at radius 1 is 0.720 bits per heavy atom. The molecule has 148 valence electrons. The maximum Gasteiger partial charge on any atom is 0.243 e. The van der Waals surface area contributed by atoms with E-state index in [9.17, 15) is 4.79 Å². The van der Waals surface area contributed by atoms with Gasteiger partial charge in [-0.2, -0.15) is 0 Å². The second kappa shape index (κ2) is 20.0. The zero-order valence-electron chi connectivity index (χ0n) is 15.7. The Morgan fingerprint density at radius 2 is 1.08 bits per heavy atom. The van der Waals surface area contributed by atoms with Crippen molar-refractivity contribution in [2.75, 3.05) is 6.54 Å². The summed E-state index contributed by atoms with van der Waals surface area (Å²) in [5, 5.41) is 11.5. The molecule has 0 aliphatic carbocycles. The van der Waals surface area contributed by atoms with Gasteiger partial charge < -0.3 is 5.32 Å². The monoisotopic (exact) mass is 390 g/mol. The summed E-state index contributed by atoms with van der Waals surface area (Å²) >= 11 is 8.89. The predicted octanol–water partition coefficient (Wildman–Crippen LogP) is 5.54. The second-order valence-corrected chi connectivity index (χ2v) is 7.98. The zero-order chi connectivity index (χ0) is 18.6. The van der Waals surface area contributed by atoms with E-state index in [1.807, 2.05) is 0 Å². The fraction of sp³-hybridized carbons (Fsp3) is 0.895. The maximum absolute atomic E-state index is 10.8. The summed E-state index contributed by atoms with van der Waals surface area (Å²) in [6, 6.07) is 0. The van der Waals surface area contributed by atoms with Gasteiger partial charge in [0.25, 0.3) is 0 Å². The summed E-state index contributed by atoms with van der Waals surface area (Å²) in [5.74, 6) is -0.268. The SMILES string of the molecule is O=C(CCCCCCCCCCCCCCCCCNC(=S)S)NO. The van der Waals surface area contributed by atoms with Gasteiger partial charge in [-0.3, -0.25) is 10.0 Å². The molecule has 0 heterocycles. The van der Waals surface area contributed by atoms with E-state index in [0.717, 1.165) is 19.4 Å². The van der Waals surface area contributed by atoms with Crippen LogP contribution in [0.3, 0.4) is 0 Å². The number of rotatable bonds is 18. The number of nitrogens with one attached hydrogen (secondary N) is 2. The van der Waals surface area contributed by atoms with Crippen LogP contribution in [0.5, 0.6) is 0 Å². The van der Waals surface area contributed by atoms with Gasteiger partial charge in [-0.15, -0.1) is 12.6 Å². The Balaban J connectivity index is 3.03. The third kappa shape index (κ3) is 21.6. The molecule has 0 aliphatic heterocycles. The van der Waals surface area contributed by atoms with Gasteiger partial charge in [0, 0.05) is 13.0 Å². The average Bonchev–Trinajstić information content (AvgIpc) is 2.60. The van der Waals surface area contributed by atoms with Crippen molar-refractivity contribution >= 4 is 35.1 Å². The van der Waals surface area contributed by atoms with Crippen molar-refractivity contribution in [1.82, 2.24) is 10.8 Å². The topological polar surface area (TPSA) is 61.4 Å². The minimum atomic E-state index is -0.268. The second-order valence-electron chi connectivity index (χ2n) is 6.82. The molecule has 0 unspecified atom stereocenters. The Hall–Kier alpha value is -0.330. The summed E-state index contributed by atoms with van der Waals surface area (Å²) in [7, 11) is 0. The van der Waals surface area contributed by atoms with Gasteiger partial charge in [-0.05, 0) is 12.8 Å². The number of amides is 1. The molecule has 0 bridgehead atoms. The highest BCUT2D eigenvalue weighted by molar-refractivity contribution is 8.11. The summed E-state index contributed by atoms with van der Waals surface area (Å²) < 4.78 is 0.604. The standard InChI is InChI=1S/C19H38N2O2S2/c22-18(21-23)16-14-12-10-8-6-4-2-1-3-5-7-9-11-13-15-17-20-19(24)25/h23H,1-17H2,(H,21,22)(H2,20,24,25). The number of hydrogen-bond donors (Lipinski definition) is 4. The number of thiol groups is 1. The summed E-state index contributed by atoms with van der Waals surface area (Å²) in [5.41, 5.74) is 1.67. The van der Waals surface area contributed by atoms with E-state index in [1.165, 1.54) is 83.5 Å². The largest absolute Gasteiger partial charge is 0.371 e. The van der Waals surface area contributed by atoms with Crippen LogP contribution in [0.2, 0.25) is 0 Å². The molecule has 0 spiro atoms. The van der Waals surface area contributed by atoms with Gasteiger partial charge in [0.15, 0.2) is 0 Å². The first-order valence-electron chi connectivity index (χ1n) is 10.1. The van der Waals surface area contributed by atoms with Gasteiger partial charge in [-0.25, -0.2) is 5.48 Å². The predicted molar refractivity (Wildman–Crippen MR) is 113 cm³/mol. The van der Waals surface area contributed by atoms with E-state index in [2.05, 4.69) is 17.9 Å². The summed E-state index contributed by atoms with van der Waals surface area (Å²) in [6.07, 6.45) is 19.6. The average molecular weight is 391 g/mol. The van der Waals surface area contributed by atoms with Crippen LogP contribution in [0.1, 0.15) is 103 Å². The molecule has 0 aliphatic rings. The van der Waals surface area contributed by atoms with E-state index in [0.29, 0.717) is 10.7 Å². The van der Waals surface area contributed by atoms with Crippen LogP contribution in [-0.4, -0.2) is 22.0 Å².